The number of guanidine groups is 1. The van der Waals surface area contributed by atoms with E-state index in [-0.39, 0.29) is 0 Å². The van der Waals surface area contributed by atoms with E-state index in [0.717, 1.165) is 37.6 Å². The van der Waals surface area contributed by atoms with Crippen molar-refractivity contribution in [1.29, 1.82) is 0 Å². The van der Waals surface area contributed by atoms with Crippen molar-refractivity contribution >= 4 is 17.3 Å². The molecular weight excluding hydrogens is 292 g/mol. The first-order chi connectivity index (χ1) is 10.7. The Morgan fingerprint density at radius 3 is 2.59 bits per heavy atom. The van der Waals surface area contributed by atoms with Crippen LogP contribution in [0.5, 0.6) is 0 Å². The minimum atomic E-state index is 0.783. The van der Waals surface area contributed by atoms with Crippen LogP contribution >= 0.6 is 11.3 Å². The summed E-state index contributed by atoms with van der Waals surface area (Å²) in [5, 5.41) is 9.99. The molecular formula is C17H24N4S. The van der Waals surface area contributed by atoms with Crippen LogP contribution in [0.1, 0.15) is 28.2 Å². The van der Waals surface area contributed by atoms with E-state index < -0.39 is 0 Å². The highest BCUT2D eigenvalue weighted by molar-refractivity contribution is 7.09. The van der Waals surface area contributed by atoms with Gasteiger partial charge in [0, 0.05) is 37.6 Å². The number of nitrogens with one attached hydrogen (secondary N) is 2. The van der Waals surface area contributed by atoms with Crippen LogP contribution in [0.25, 0.3) is 0 Å². The van der Waals surface area contributed by atoms with Gasteiger partial charge in [0.25, 0.3) is 0 Å². The van der Waals surface area contributed by atoms with E-state index >= 15 is 0 Å². The summed E-state index contributed by atoms with van der Waals surface area (Å²) in [6.07, 6.45) is 2.07. The molecule has 0 spiro atoms. The standard InChI is InChI=1S/C17H24N4S/c1-13-6-8-15(9-7-13)11-20-17(18-3)19-10-4-5-16-21-14(2)12-22-16/h6-9,12H,4-5,10-11H2,1-3H3,(H2,18,19,20). The fraction of sp³-hybridized carbons (Fsp3) is 0.412. The van der Waals surface area contributed by atoms with Crippen LogP contribution in [0.2, 0.25) is 0 Å². The van der Waals surface area contributed by atoms with Crippen LogP contribution in [0.4, 0.5) is 0 Å². The predicted octanol–water partition coefficient (Wildman–Crippen LogP) is 3.06. The van der Waals surface area contributed by atoms with Gasteiger partial charge in [-0.05, 0) is 25.8 Å². The van der Waals surface area contributed by atoms with Crippen molar-refractivity contribution in [2.45, 2.75) is 33.2 Å². The lowest BCUT2D eigenvalue weighted by Crippen LogP contribution is -2.37. The number of nitrogens with zero attached hydrogens (tertiary/aromatic N) is 2. The Kier molecular flexibility index (Phi) is 6.40. The fourth-order valence-electron chi connectivity index (χ4n) is 2.08. The summed E-state index contributed by atoms with van der Waals surface area (Å²) in [4.78, 5) is 8.73. The molecule has 0 saturated heterocycles. The van der Waals surface area contributed by atoms with Crippen LogP contribution in [0, 0.1) is 13.8 Å². The highest BCUT2D eigenvalue weighted by Gasteiger charge is 2.00. The third-order valence-corrected chi connectivity index (χ3v) is 4.36. The Hall–Kier alpha value is -1.88. The van der Waals surface area contributed by atoms with E-state index in [1.807, 2.05) is 6.92 Å². The molecule has 22 heavy (non-hydrogen) atoms. The van der Waals surface area contributed by atoms with Crippen molar-refractivity contribution in [2.75, 3.05) is 13.6 Å². The van der Waals surface area contributed by atoms with Crippen molar-refractivity contribution in [3.8, 4) is 0 Å². The van der Waals surface area contributed by atoms with Crippen molar-refractivity contribution < 1.29 is 0 Å². The van der Waals surface area contributed by atoms with Gasteiger partial charge in [-0.2, -0.15) is 0 Å². The first-order valence-electron chi connectivity index (χ1n) is 7.58. The molecule has 1 heterocycles. The van der Waals surface area contributed by atoms with E-state index in [2.05, 4.69) is 57.2 Å². The second-order valence-electron chi connectivity index (χ2n) is 5.32. The van der Waals surface area contributed by atoms with E-state index in [4.69, 9.17) is 0 Å². The molecule has 0 aliphatic carbocycles. The second kappa shape index (κ2) is 8.54. The maximum atomic E-state index is 4.48. The molecule has 4 nitrogen and oxygen atoms in total. The number of aromatic nitrogens is 1. The Morgan fingerprint density at radius 1 is 1.18 bits per heavy atom. The zero-order valence-electron chi connectivity index (χ0n) is 13.5. The molecule has 2 N–H and O–H groups in total. The molecule has 5 heteroatoms. The molecule has 118 valence electrons. The molecule has 0 aliphatic heterocycles. The minimum Gasteiger partial charge on any atom is -0.356 e. The summed E-state index contributed by atoms with van der Waals surface area (Å²) in [6, 6.07) is 8.53. The molecule has 0 fully saturated rings. The van der Waals surface area contributed by atoms with Gasteiger partial charge in [0.05, 0.1) is 5.01 Å². The molecule has 2 aromatic rings. The largest absolute Gasteiger partial charge is 0.356 e. The van der Waals surface area contributed by atoms with Gasteiger partial charge in [0.15, 0.2) is 5.96 Å². The van der Waals surface area contributed by atoms with Crippen molar-refractivity contribution in [3.63, 3.8) is 0 Å². The lowest BCUT2D eigenvalue weighted by atomic mass is 10.1. The quantitative estimate of drug-likeness (QED) is 0.489. The lowest BCUT2D eigenvalue weighted by molar-refractivity contribution is 0.739. The minimum absolute atomic E-state index is 0.783. The number of thiazole rings is 1. The van der Waals surface area contributed by atoms with Crippen LogP contribution in [0.15, 0.2) is 34.6 Å². The molecule has 0 saturated carbocycles. The number of aryl methyl sites for hydroxylation is 3. The Labute approximate surface area is 136 Å². The second-order valence-corrected chi connectivity index (χ2v) is 6.27. The average Bonchev–Trinajstić information content (AvgIpc) is 2.94. The average molecular weight is 316 g/mol. The Morgan fingerprint density at radius 2 is 1.95 bits per heavy atom. The molecule has 0 atom stereocenters. The SMILES string of the molecule is CN=C(NCCCc1nc(C)cs1)NCc1ccc(C)cc1. The molecule has 2 rings (SSSR count). The van der Waals surface area contributed by atoms with Crippen LogP contribution in [0.3, 0.4) is 0 Å². The summed E-state index contributed by atoms with van der Waals surface area (Å²) < 4.78 is 0. The molecule has 1 aromatic heterocycles. The predicted molar refractivity (Wildman–Crippen MR) is 94.6 cm³/mol. The van der Waals surface area contributed by atoms with Gasteiger partial charge < -0.3 is 10.6 Å². The number of benzene rings is 1. The maximum Gasteiger partial charge on any atom is 0.191 e. The first kappa shape index (κ1) is 16.5. The Bertz CT molecular complexity index is 601. The van der Waals surface area contributed by atoms with Crippen LogP contribution < -0.4 is 10.6 Å². The smallest absolute Gasteiger partial charge is 0.191 e. The number of hydrogen-bond acceptors (Lipinski definition) is 3. The molecule has 1 aromatic carbocycles. The normalized spacial score (nSPS) is 11.5. The van der Waals surface area contributed by atoms with Crippen LogP contribution in [-0.4, -0.2) is 24.5 Å². The van der Waals surface area contributed by atoms with Crippen LogP contribution in [-0.2, 0) is 13.0 Å². The van der Waals surface area contributed by atoms with Gasteiger partial charge in [0.2, 0.25) is 0 Å². The summed E-state index contributed by atoms with van der Waals surface area (Å²) in [5.74, 6) is 0.843. The van der Waals surface area contributed by atoms with Crippen molar-refractivity contribution in [3.05, 3.63) is 51.5 Å². The molecule has 0 aliphatic rings. The summed E-state index contributed by atoms with van der Waals surface area (Å²) in [6.45, 7) is 5.81. The van der Waals surface area contributed by atoms with E-state index in [1.165, 1.54) is 16.1 Å². The van der Waals surface area contributed by atoms with Crippen molar-refractivity contribution in [1.82, 2.24) is 15.6 Å². The highest BCUT2D eigenvalue weighted by atomic mass is 32.1. The fourth-order valence-corrected chi connectivity index (χ4v) is 2.89. The van der Waals surface area contributed by atoms with Gasteiger partial charge in [-0.25, -0.2) is 4.98 Å². The van der Waals surface area contributed by atoms with Gasteiger partial charge in [-0.1, -0.05) is 29.8 Å². The number of aliphatic imine (C=N–C) groups is 1. The van der Waals surface area contributed by atoms with Gasteiger partial charge >= 0.3 is 0 Å². The van der Waals surface area contributed by atoms with Crippen molar-refractivity contribution in [2.24, 2.45) is 4.99 Å². The molecule has 0 unspecified atom stereocenters. The number of hydrogen-bond donors (Lipinski definition) is 2. The van der Waals surface area contributed by atoms with Gasteiger partial charge in [-0.15, -0.1) is 11.3 Å². The summed E-state index contributed by atoms with van der Waals surface area (Å²) in [7, 11) is 1.80. The Balaban J connectivity index is 1.67. The highest BCUT2D eigenvalue weighted by Crippen LogP contribution is 2.10. The van der Waals surface area contributed by atoms with E-state index in [9.17, 15) is 0 Å². The van der Waals surface area contributed by atoms with E-state index in [0.29, 0.717) is 0 Å². The maximum absolute atomic E-state index is 4.48. The zero-order chi connectivity index (χ0) is 15.8. The lowest BCUT2D eigenvalue weighted by Gasteiger charge is -2.11. The van der Waals surface area contributed by atoms with Gasteiger partial charge in [0.1, 0.15) is 0 Å². The first-order valence-corrected chi connectivity index (χ1v) is 8.46. The monoisotopic (exact) mass is 316 g/mol. The third kappa shape index (κ3) is 5.48. The van der Waals surface area contributed by atoms with E-state index in [1.54, 1.807) is 18.4 Å². The third-order valence-electron chi connectivity index (χ3n) is 3.33. The summed E-state index contributed by atoms with van der Waals surface area (Å²) >= 11 is 1.74. The molecule has 0 amide bonds. The number of rotatable bonds is 6. The van der Waals surface area contributed by atoms with Gasteiger partial charge in [-0.3, -0.25) is 4.99 Å². The zero-order valence-corrected chi connectivity index (χ0v) is 14.3. The topological polar surface area (TPSA) is 49.3 Å². The summed E-state index contributed by atoms with van der Waals surface area (Å²) in [5.41, 5.74) is 3.65. The molecule has 0 bridgehead atoms. The molecule has 0 radical (unpaired) electrons.